The summed E-state index contributed by atoms with van der Waals surface area (Å²) in [6.07, 6.45) is 2.67. The Morgan fingerprint density at radius 3 is 2.58 bits per heavy atom. The maximum Gasteiger partial charge on any atom is 0.261 e. The van der Waals surface area contributed by atoms with Crippen LogP contribution in [0.1, 0.15) is 40.0 Å². The van der Waals surface area contributed by atoms with Crippen LogP contribution in [0.15, 0.2) is 18.2 Å². The van der Waals surface area contributed by atoms with Crippen LogP contribution in [-0.2, 0) is 4.74 Å². The number of imide groups is 1. The van der Waals surface area contributed by atoms with Gasteiger partial charge in [-0.3, -0.25) is 14.5 Å². The molecule has 1 aliphatic heterocycles. The summed E-state index contributed by atoms with van der Waals surface area (Å²) in [5.74, 6) is -0.453. The molecule has 0 bridgehead atoms. The van der Waals surface area contributed by atoms with Gasteiger partial charge in [-0.2, -0.15) is 0 Å². The fourth-order valence-corrected chi connectivity index (χ4v) is 2.20. The zero-order valence-electron chi connectivity index (χ0n) is 11.0. The second-order valence-corrected chi connectivity index (χ2v) is 4.62. The van der Waals surface area contributed by atoms with Gasteiger partial charge in [0, 0.05) is 25.9 Å². The smallest absolute Gasteiger partial charge is 0.261 e. The van der Waals surface area contributed by atoms with Gasteiger partial charge in [0.1, 0.15) is 0 Å². The third-order valence-corrected chi connectivity index (χ3v) is 3.22. The van der Waals surface area contributed by atoms with Crippen molar-refractivity contribution in [1.29, 1.82) is 0 Å². The van der Waals surface area contributed by atoms with Crippen molar-refractivity contribution >= 4 is 17.5 Å². The van der Waals surface area contributed by atoms with Gasteiger partial charge in [0.25, 0.3) is 11.8 Å². The van der Waals surface area contributed by atoms with Gasteiger partial charge in [-0.05, 0) is 37.5 Å². The lowest BCUT2D eigenvalue weighted by Gasteiger charge is -2.13. The van der Waals surface area contributed by atoms with Crippen molar-refractivity contribution in [2.75, 3.05) is 26.0 Å². The minimum absolute atomic E-state index is 0.216. The molecule has 0 radical (unpaired) electrons. The molecule has 1 aromatic rings. The Morgan fingerprint density at radius 2 is 1.84 bits per heavy atom. The van der Waals surface area contributed by atoms with E-state index in [-0.39, 0.29) is 11.8 Å². The number of amides is 2. The number of nitrogens with zero attached hydrogens (tertiary/aromatic N) is 1. The number of benzene rings is 1. The Morgan fingerprint density at radius 1 is 1.11 bits per heavy atom. The summed E-state index contributed by atoms with van der Waals surface area (Å²) in [4.78, 5) is 25.5. The molecular weight excluding hydrogens is 244 g/mol. The first-order chi connectivity index (χ1) is 9.15. The molecule has 5 nitrogen and oxygen atoms in total. The summed E-state index contributed by atoms with van der Waals surface area (Å²) in [5.41, 5.74) is 7.02. The van der Waals surface area contributed by atoms with Crippen molar-refractivity contribution in [2.45, 2.75) is 19.3 Å². The maximum absolute atomic E-state index is 12.1. The van der Waals surface area contributed by atoms with Crippen LogP contribution in [0.2, 0.25) is 0 Å². The van der Waals surface area contributed by atoms with Crippen molar-refractivity contribution in [3.05, 3.63) is 29.3 Å². The van der Waals surface area contributed by atoms with Gasteiger partial charge >= 0.3 is 0 Å². The van der Waals surface area contributed by atoms with E-state index in [1.165, 1.54) is 4.90 Å². The van der Waals surface area contributed by atoms with E-state index in [1.54, 1.807) is 25.3 Å². The van der Waals surface area contributed by atoms with E-state index in [1.807, 2.05) is 0 Å². The van der Waals surface area contributed by atoms with E-state index in [9.17, 15) is 9.59 Å². The molecule has 2 amide bonds. The first-order valence-corrected chi connectivity index (χ1v) is 6.40. The third-order valence-electron chi connectivity index (χ3n) is 3.22. The monoisotopic (exact) mass is 262 g/mol. The highest BCUT2D eigenvalue weighted by molar-refractivity contribution is 6.21. The van der Waals surface area contributed by atoms with Crippen molar-refractivity contribution in [2.24, 2.45) is 0 Å². The topological polar surface area (TPSA) is 72.6 Å². The van der Waals surface area contributed by atoms with E-state index in [0.717, 1.165) is 19.3 Å². The SMILES string of the molecule is COCCCCCN1C(=O)c2ccc(N)cc2C1=O. The predicted molar refractivity (Wildman–Crippen MR) is 71.9 cm³/mol. The summed E-state index contributed by atoms with van der Waals surface area (Å²) in [5, 5.41) is 0. The molecule has 1 aromatic carbocycles. The number of carbonyl (C=O) groups is 2. The highest BCUT2D eigenvalue weighted by atomic mass is 16.5. The van der Waals surface area contributed by atoms with Gasteiger partial charge in [0.2, 0.25) is 0 Å². The van der Waals surface area contributed by atoms with Gasteiger partial charge in [-0.15, -0.1) is 0 Å². The number of methoxy groups -OCH3 is 1. The Bertz CT molecular complexity index is 499. The molecule has 0 saturated heterocycles. The first-order valence-electron chi connectivity index (χ1n) is 6.40. The van der Waals surface area contributed by atoms with Crippen molar-refractivity contribution in [1.82, 2.24) is 4.90 Å². The van der Waals surface area contributed by atoms with Crippen LogP contribution < -0.4 is 5.73 Å². The molecule has 0 atom stereocenters. The van der Waals surface area contributed by atoms with Crippen molar-refractivity contribution in [3.63, 3.8) is 0 Å². The van der Waals surface area contributed by atoms with E-state index in [2.05, 4.69) is 0 Å². The Labute approximate surface area is 112 Å². The number of carbonyl (C=O) groups excluding carboxylic acids is 2. The molecule has 5 heteroatoms. The molecule has 0 fully saturated rings. The predicted octanol–water partition coefficient (Wildman–Crippen LogP) is 1.68. The van der Waals surface area contributed by atoms with Crippen LogP contribution in [0.4, 0.5) is 5.69 Å². The molecule has 19 heavy (non-hydrogen) atoms. The fraction of sp³-hybridized carbons (Fsp3) is 0.429. The number of anilines is 1. The van der Waals surface area contributed by atoms with Gasteiger partial charge in [-0.1, -0.05) is 0 Å². The minimum atomic E-state index is -0.237. The standard InChI is InChI=1S/C14H18N2O3/c1-19-8-4-2-3-7-16-13(17)11-6-5-10(15)9-12(11)14(16)18/h5-6,9H,2-4,7-8,15H2,1H3. The molecule has 0 unspecified atom stereocenters. The second-order valence-electron chi connectivity index (χ2n) is 4.62. The molecule has 0 aliphatic carbocycles. The molecule has 0 saturated carbocycles. The van der Waals surface area contributed by atoms with Crippen molar-refractivity contribution < 1.29 is 14.3 Å². The number of hydrogen-bond donors (Lipinski definition) is 1. The van der Waals surface area contributed by atoms with E-state index < -0.39 is 0 Å². The van der Waals surface area contributed by atoms with Crippen LogP contribution in [0, 0.1) is 0 Å². The number of hydrogen-bond acceptors (Lipinski definition) is 4. The minimum Gasteiger partial charge on any atom is -0.399 e. The molecule has 0 aromatic heterocycles. The highest BCUT2D eigenvalue weighted by Crippen LogP contribution is 2.25. The molecular formula is C14H18N2O3. The molecule has 1 heterocycles. The fourth-order valence-electron chi connectivity index (χ4n) is 2.20. The summed E-state index contributed by atoms with van der Waals surface area (Å²) in [6, 6.07) is 4.84. The average molecular weight is 262 g/mol. The van der Waals surface area contributed by atoms with Crippen LogP contribution >= 0.6 is 0 Å². The summed E-state index contributed by atoms with van der Waals surface area (Å²) >= 11 is 0. The van der Waals surface area contributed by atoms with E-state index in [0.29, 0.717) is 30.0 Å². The zero-order valence-corrected chi connectivity index (χ0v) is 11.0. The Balaban J connectivity index is 1.98. The Kier molecular flexibility index (Phi) is 4.16. The normalized spacial score (nSPS) is 14.1. The number of ether oxygens (including phenoxy) is 1. The zero-order chi connectivity index (χ0) is 13.8. The van der Waals surface area contributed by atoms with Gasteiger partial charge in [0.05, 0.1) is 11.1 Å². The largest absolute Gasteiger partial charge is 0.399 e. The van der Waals surface area contributed by atoms with Crippen molar-refractivity contribution in [3.8, 4) is 0 Å². The molecule has 2 rings (SSSR count). The van der Waals surface area contributed by atoms with Crippen LogP contribution in [0.25, 0.3) is 0 Å². The first kappa shape index (κ1) is 13.5. The average Bonchev–Trinajstić information content (AvgIpc) is 2.63. The molecule has 102 valence electrons. The van der Waals surface area contributed by atoms with E-state index in [4.69, 9.17) is 10.5 Å². The number of nitrogen functional groups attached to an aromatic ring is 1. The summed E-state index contributed by atoms with van der Waals surface area (Å²) in [6.45, 7) is 1.16. The van der Waals surface area contributed by atoms with E-state index >= 15 is 0 Å². The lowest BCUT2D eigenvalue weighted by atomic mass is 10.1. The number of unbranched alkanes of at least 4 members (excludes halogenated alkanes) is 2. The van der Waals surface area contributed by atoms with Crippen LogP contribution in [-0.4, -0.2) is 37.0 Å². The number of fused-ring (bicyclic) bond motifs is 1. The van der Waals surface area contributed by atoms with Crippen LogP contribution in [0.5, 0.6) is 0 Å². The summed E-state index contributed by atoms with van der Waals surface area (Å²) < 4.78 is 4.96. The molecule has 1 aliphatic rings. The van der Waals surface area contributed by atoms with Gasteiger partial charge in [-0.25, -0.2) is 0 Å². The molecule has 2 N–H and O–H groups in total. The Hall–Kier alpha value is -1.88. The highest BCUT2D eigenvalue weighted by Gasteiger charge is 2.34. The third kappa shape index (κ3) is 2.76. The quantitative estimate of drug-likeness (QED) is 0.481. The lowest BCUT2D eigenvalue weighted by molar-refractivity contribution is 0.0650. The summed E-state index contributed by atoms with van der Waals surface area (Å²) in [7, 11) is 1.66. The lowest BCUT2D eigenvalue weighted by Crippen LogP contribution is -2.30. The maximum atomic E-state index is 12.1. The van der Waals surface area contributed by atoms with Gasteiger partial charge < -0.3 is 10.5 Å². The second kappa shape index (κ2) is 5.84. The number of nitrogens with two attached hydrogens (primary N) is 1. The molecule has 0 spiro atoms. The van der Waals surface area contributed by atoms with Gasteiger partial charge in [0.15, 0.2) is 0 Å². The number of rotatable bonds is 6. The van der Waals surface area contributed by atoms with Crippen LogP contribution in [0.3, 0.4) is 0 Å².